The number of amides is 1. The molecule has 0 aliphatic heterocycles. The summed E-state index contributed by atoms with van der Waals surface area (Å²) in [7, 11) is 3.29. The summed E-state index contributed by atoms with van der Waals surface area (Å²) in [5, 5.41) is 13.3. The minimum absolute atomic E-state index is 0.0697. The topological polar surface area (TPSA) is 102 Å². The van der Waals surface area contributed by atoms with Crippen LogP contribution in [-0.2, 0) is 9.53 Å². The number of carbonyl (C=O) groups excluding carboxylic acids is 2. The fourth-order valence-electron chi connectivity index (χ4n) is 2.18. The Morgan fingerprint density at radius 1 is 1.26 bits per heavy atom. The smallest absolute Gasteiger partial charge is 0.341 e. The van der Waals surface area contributed by atoms with Gasteiger partial charge in [-0.25, -0.2) is 9.18 Å². The molecule has 0 unspecified atom stereocenters. The molecular weight excluding hydrogens is 381 g/mol. The maximum absolute atomic E-state index is 13.7. The third-order valence-corrected chi connectivity index (χ3v) is 3.67. The number of hydrogen-bond acceptors (Lipinski definition) is 6. The SMILES string of the molecule is CN(C)c1ccc([N+](=O)[O-])cc1C(=O)OCC(=O)Nc1ccc(Cl)cc1F. The molecule has 10 heteroatoms. The summed E-state index contributed by atoms with van der Waals surface area (Å²) >= 11 is 5.63. The van der Waals surface area contributed by atoms with E-state index in [1.165, 1.54) is 24.3 Å². The standard InChI is InChI=1S/C17H15ClFN3O5/c1-21(2)15-6-4-11(22(25)26)8-12(15)17(24)27-9-16(23)20-14-5-3-10(18)7-13(14)19/h3-8H,9H2,1-2H3,(H,20,23). The lowest BCUT2D eigenvalue weighted by atomic mass is 10.1. The molecule has 0 fully saturated rings. The number of nitro groups is 1. The highest BCUT2D eigenvalue weighted by molar-refractivity contribution is 6.30. The van der Waals surface area contributed by atoms with Crippen LogP contribution in [0, 0.1) is 15.9 Å². The average molecular weight is 396 g/mol. The van der Waals surface area contributed by atoms with E-state index in [1.807, 2.05) is 0 Å². The van der Waals surface area contributed by atoms with Gasteiger partial charge >= 0.3 is 5.97 Å². The zero-order valence-electron chi connectivity index (χ0n) is 14.4. The van der Waals surface area contributed by atoms with Crippen molar-refractivity contribution in [2.45, 2.75) is 0 Å². The fraction of sp³-hybridized carbons (Fsp3) is 0.176. The van der Waals surface area contributed by atoms with Crippen molar-refractivity contribution in [3.05, 3.63) is 62.9 Å². The van der Waals surface area contributed by atoms with Crippen molar-refractivity contribution < 1.29 is 23.6 Å². The van der Waals surface area contributed by atoms with Crippen LogP contribution >= 0.6 is 11.6 Å². The molecule has 0 heterocycles. The van der Waals surface area contributed by atoms with E-state index in [-0.39, 0.29) is 22.0 Å². The van der Waals surface area contributed by atoms with Crippen LogP contribution in [0.1, 0.15) is 10.4 Å². The molecule has 0 aliphatic carbocycles. The predicted octanol–water partition coefficient (Wildman–Crippen LogP) is 3.25. The molecule has 2 aromatic rings. The van der Waals surface area contributed by atoms with Crippen molar-refractivity contribution in [2.24, 2.45) is 0 Å². The van der Waals surface area contributed by atoms with E-state index in [2.05, 4.69) is 5.32 Å². The molecule has 1 amide bonds. The number of nitrogens with zero attached hydrogens (tertiary/aromatic N) is 2. The van der Waals surface area contributed by atoms with Gasteiger partial charge in [-0.15, -0.1) is 0 Å². The van der Waals surface area contributed by atoms with E-state index < -0.39 is 29.2 Å². The summed E-state index contributed by atoms with van der Waals surface area (Å²) in [5.41, 5.74) is -0.0977. The van der Waals surface area contributed by atoms with Gasteiger partial charge in [-0.3, -0.25) is 14.9 Å². The number of rotatable bonds is 6. The van der Waals surface area contributed by atoms with Crippen LogP contribution in [0.25, 0.3) is 0 Å². The van der Waals surface area contributed by atoms with Gasteiger partial charge in [0.05, 0.1) is 21.9 Å². The van der Waals surface area contributed by atoms with Gasteiger partial charge < -0.3 is 15.0 Å². The summed E-state index contributed by atoms with van der Waals surface area (Å²) in [6, 6.07) is 7.39. The molecule has 0 bridgehead atoms. The highest BCUT2D eigenvalue weighted by atomic mass is 35.5. The number of nitrogens with one attached hydrogen (secondary N) is 1. The minimum atomic E-state index is -0.922. The summed E-state index contributed by atoms with van der Waals surface area (Å²) < 4.78 is 18.6. The summed E-state index contributed by atoms with van der Waals surface area (Å²) in [5.74, 6) is -2.44. The zero-order chi connectivity index (χ0) is 20.1. The molecule has 0 saturated heterocycles. The van der Waals surface area contributed by atoms with Gasteiger partial charge in [0.25, 0.3) is 11.6 Å². The van der Waals surface area contributed by atoms with Crippen molar-refractivity contribution in [2.75, 3.05) is 30.9 Å². The Morgan fingerprint density at radius 3 is 2.56 bits per heavy atom. The van der Waals surface area contributed by atoms with Crippen molar-refractivity contribution in [1.82, 2.24) is 0 Å². The van der Waals surface area contributed by atoms with Crippen LogP contribution in [-0.4, -0.2) is 37.5 Å². The van der Waals surface area contributed by atoms with Gasteiger partial charge in [0.1, 0.15) is 5.82 Å². The van der Waals surface area contributed by atoms with Gasteiger partial charge in [-0.2, -0.15) is 0 Å². The van der Waals surface area contributed by atoms with E-state index in [9.17, 15) is 24.1 Å². The van der Waals surface area contributed by atoms with Crippen molar-refractivity contribution >= 4 is 40.5 Å². The third-order valence-electron chi connectivity index (χ3n) is 3.43. The molecule has 27 heavy (non-hydrogen) atoms. The van der Waals surface area contributed by atoms with Crippen molar-refractivity contribution in [3.63, 3.8) is 0 Å². The molecule has 142 valence electrons. The Kier molecular flexibility index (Phi) is 6.30. The van der Waals surface area contributed by atoms with E-state index in [1.54, 1.807) is 19.0 Å². The van der Waals surface area contributed by atoms with Gasteiger partial charge in [0, 0.05) is 31.3 Å². The maximum Gasteiger partial charge on any atom is 0.341 e. The van der Waals surface area contributed by atoms with Crippen LogP contribution in [0.3, 0.4) is 0 Å². The third kappa shape index (κ3) is 5.14. The quantitative estimate of drug-likeness (QED) is 0.457. The minimum Gasteiger partial charge on any atom is -0.452 e. The van der Waals surface area contributed by atoms with Gasteiger partial charge in [0.2, 0.25) is 0 Å². The lowest BCUT2D eigenvalue weighted by Crippen LogP contribution is -2.22. The summed E-state index contributed by atoms with van der Waals surface area (Å²) in [6.45, 7) is -0.698. The fourth-order valence-corrected chi connectivity index (χ4v) is 2.34. The molecule has 2 aromatic carbocycles. The summed E-state index contributed by atoms with van der Waals surface area (Å²) in [4.78, 5) is 36.0. The molecule has 0 spiro atoms. The zero-order valence-corrected chi connectivity index (χ0v) is 15.1. The average Bonchev–Trinajstić information content (AvgIpc) is 2.61. The number of non-ortho nitro benzene ring substituents is 1. The monoisotopic (exact) mass is 395 g/mol. The van der Waals surface area contributed by atoms with Gasteiger partial charge in [0.15, 0.2) is 6.61 Å². The Labute approximate surface area is 158 Å². The molecule has 1 N–H and O–H groups in total. The largest absolute Gasteiger partial charge is 0.452 e. The number of esters is 1. The Balaban J connectivity index is 2.09. The number of nitro benzene ring substituents is 1. The summed E-state index contributed by atoms with van der Waals surface area (Å²) in [6.07, 6.45) is 0. The highest BCUT2D eigenvalue weighted by Crippen LogP contribution is 2.25. The van der Waals surface area contributed by atoms with Crippen LogP contribution < -0.4 is 10.2 Å². The highest BCUT2D eigenvalue weighted by Gasteiger charge is 2.20. The van der Waals surface area contributed by atoms with Gasteiger partial charge in [-0.1, -0.05) is 11.6 Å². The van der Waals surface area contributed by atoms with Crippen LogP contribution in [0.15, 0.2) is 36.4 Å². The first-order valence-electron chi connectivity index (χ1n) is 7.57. The number of carbonyl (C=O) groups is 2. The maximum atomic E-state index is 13.7. The lowest BCUT2D eigenvalue weighted by molar-refractivity contribution is -0.384. The second kappa shape index (κ2) is 8.45. The van der Waals surface area contributed by atoms with E-state index in [0.29, 0.717) is 5.69 Å². The molecule has 0 saturated carbocycles. The number of anilines is 2. The second-order valence-electron chi connectivity index (χ2n) is 5.60. The lowest BCUT2D eigenvalue weighted by Gasteiger charge is -2.16. The first kappa shape index (κ1) is 20.1. The molecule has 8 nitrogen and oxygen atoms in total. The van der Waals surface area contributed by atoms with Crippen LogP contribution in [0.4, 0.5) is 21.5 Å². The molecular formula is C17H15ClFN3O5. The predicted molar refractivity (Wildman–Crippen MR) is 97.7 cm³/mol. The first-order valence-corrected chi connectivity index (χ1v) is 7.94. The number of hydrogen-bond donors (Lipinski definition) is 1. The van der Waals surface area contributed by atoms with Gasteiger partial charge in [-0.05, 0) is 24.3 Å². The molecule has 0 aromatic heterocycles. The Morgan fingerprint density at radius 2 is 1.96 bits per heavy atom. The number of ether oxygens (including phenoxy) is 1. The molecule has 0 atom stereocenters. The normalized spacial score (nSPS) is 10.2. The number of benzene rings is 2. The van der Waals surface area contributed by atoms with E-state index >= 15 is 0 Å². The molecule has 0 radical (unpaired) electrons. The Hall–Kier alpha value is -3.20. The van der Waals surface area contributed by atoms with Crippen LogP contribution in [0.5, 0.6) is 0 Å². The second-order valence-corrected chi connectivity index (χ2v) is 6.04. The molecule has 2 rings (SSSR count). The van der Waals surface area contributed by atoms with E-state index in [0.717, 1.165) is 12.1 Å². The van der Waals surface area contributed by atoms with E-state index in [4.69, 9.17) is 16.3 Å². The molecule has 0 aliphatic rings. The van der Waals surface area contributed by atoms with Crippen molar-refractivity contribution in [1.29, 1.82) is 0 Å². The van der Waals surface area contributed by atoms with Crippen LogP contribution in [0.2, 0.25) is 5.02 Å². The van der Waals surface area contributed by atoms with Crippen molar-refractivity contribution in [3.8, 4) is 0 Å². The Bertz CT molecular complexity index is 904. The number of halogens is 2. The first-order chi connectivity index (χ1) is 12.7.